The summed E-state index contributed by atoms with van der Waals surface area (Å²) in [5.74, 6) is 1.06. The number of halogens is 2. The predicted molar refractivity (Wildman–Crippen MR) is 111 cm³/mol. The second-order valence-electron chi connectivity index (χ2n) is 6.53. The molecule has 3 atom stereocenters. The van der Waals surface area contributed by atoms with Crippen molar-refractivity contribution in [2.45, 2.75) is 45.2 Å². The lowest BCUT2D eigenvalue weighted by molar-refractivity contribution is -0.125. The van der Waals surface area contributed by atoms with Gasteiger partial charge in [0, 0.05) is 18.5 Å². The van der Waals surface area contributed by atoms with E-state index < -0.39 is 0 Å². The van der Waals surface area contributed by atoms with Gasteiger partial charge in [-0.15, -0.1) is 24.8 Å². The van der Waals surface area contributed by atoms with Crippen molar-refractivity contribution in [1.82, 2.24) is 10.2 Å². The third-order valence-electron chi connectivity index (χ3n) is 5.05. The van der Waals surface area contributed by atoms with Crippen molar-refractivity contribution in [1.29, 1.82) is 0 Å². The molecule has 0 aliphatic heterocycles. The molecule has 150 valence electrons. The topological polar surface area (TPSA) is 67.6 Å². The Kier molecular flexibility index (Phi) is 11.9. The largest absolute Gasteiger partial charge is 0.497 e. The van der Waals surface area contributed by atoms with Crippen LogP contribution in [0.4, 0.5) is 0 Å². The number of nitrogens with one attached hydrogen (secondary N) is 1. The van der Waals surface area contributed by atoms with Gasteiger partial charge in [0.25, 0.3) is 0 Å². The number of rotatable bonds is 8. The predicted octanol–water partition coefficient (Wildman–Crippen LogP) is 3.17. The van der Waals surface area contributed by atoms with Gasteiger partial charge in [-0.1, -0.05) is 26.0 Å². The Morgan fingerprint density at radius 1 is 1.31 bits per heavy atom. The fourth-order valence-electron chi connectivity index (χ4n) is 3.57. The molecular weight excluding hydrogens is 373 g/mol. The van der Waals surface area contributed by atoms with E-state index in [1.54, 1.807) is 7.11 Å². The van der Waals surface area contributed by atoms with E-state index in [1.807, 2.05) is 12.1 Å². The van der Waals surface area contributed by atoms with Crippen molar-refractivity contribution in [3.05, 3.63) is 29.8 Å². The molecule has 5 nitrogen and oxygen atoms in total. The summed E-state index contributed by atoms with van der Waals surface area (Å²) < 4.78 is 5.35. The second kappa shape index (κ2) is 12.4. The molecule has 7 heteroatoms. The molecule has 1 aliphatic carbocycles. The van der Waals surface area contributed by atoms with Crippen LogP contribution in [-0.4, -0.2) is 43.6 Å². The summed E-state index contributed by atoms with van der Waals surface area (Å²) in [5.41, 5.74) is 7.10. The first kappa shape index (κ1) is 25.0. The van der Waals surface area contributed by atoms with Crippen LogP contribution in [0, 0.1) is 5.92 Å². The average molecular weight is 406 g/mol. The molecule has 0 saturated heterocycles. The fraction of sp³-hybridized carbons (Fsp3) is 0.632. The Morgan fingerprint density at radius 3 is 2.54 bits per heavy atom. The fourth-order valence-corrected chi connectivity index (χ4v) is 3.57. The molecule has 1 saturated carbocycles. The van der Waals surface area contributed by atoms with E-state index in [9.17, 15) is 4.79 Å². The van der Waals surface area contributed by atoms with Crippen molar-refractivity contribution in [2.75, 3.05) is 26.7 Å². The Bertz CT molecular complexity index is 541. The Balaban J connectivity index is 0.00000312. The first-order chi connectivity index (χ1) is 11.6. The molecule has 26 heavy (non-hydrogen) atoms. The number of amides is 1. The van der Waals surface area contributed by atoms with Gasteiger partial charge in [0.15, 0.2) is 0 Å². The van der Waals surface area contributed by atoms with Crippen molar-refractivity contribution < 1.29 is 9.53 Å². The summed E-state index contributed by atoms with van der Waals surface area (Å²) in [7, 11) is 1.68. The maximum absolute atomic E-state index is 12.4. The Hall–Kier alpha value is -1.01. The number of hydrogen-bond acceptors (Lipinski definition) is 4. The molecule has 0 radical (unpaired) electrons. The number of hydrogen-bond donors (Lipinski definition) is 2. The van der Waals surface area contributed by atoms with Gasteiger partial charge in [-0.2, -0.15) is 0 Å². The second-order valence-corrected chi connectivity index (χ2v) is 6.53. The number of nitrogens with two attached hydrogens (primary N) is 1. The standard InChI is InChI=1S/C19H31N3O2.2ClH/c1-4-22(5-2)18(14-7-6-8-17(12-14)24-3)13-21-19(23)15-9-10-16(20)11-15;;/h6-8,12,15-16,18H,4-5,9-11,13,20H2,1-3H3,(H,21,23);2*1H. The van der Waals surface area contributed by atoms with Crippen molar-refractivity contribution in [2.24, 2.45) is 11.7 Å². The van der Waals surface area contributed by atoms with Crippen molar-refractivity contribution in [3.63, 3.8) is 0 Å². The van der Waals surface area contributed by atoms with Crippen molar-refractivity contribution >= 4 is 30.7 Å². The van der Waals surface area contributed by atoms with E-state index in [2.05, 4.69) is 36.2 Å². The quantitative estimate of drug-likeness (QED) is 0.696. The molecule has 0 aromatic heterocycles. The van der Waals surface area contributed by atoms with Gasteiger partial charge in [-0.25, -0.2) is 0 Å². The average Bonchev–Trinajstić information content (AvgIpc) is 3.05. The van der Waals surface area contributed by atoms with Gasteiger partial charge >= 0.3 is 0 Å². The van der Waals surface area contributed by atoms with Crippen LogP contribution < -0.4 is 15.8 Å². The maximum atomic E-state index is 12.4. The molecular formula is C19H33Cl2N3O2. The molecule has 1 fully saturated rings. The normalized spacial score (nSPS) is 20.0. The highest BCUT2D eigenvalue weighted by atomic mass is 35.5. The van der Waals surface area contributed by atoms with Crippen LogP contribution in [0.25, 0.3) is 0 Å². The van der Waals surface area contributed by atoms with Crippen LogP contribution in [0.15, 0.2) is 24.3 Å². The molecule has 1 aromatic carbocycles. The zero-order valence-corrected chi connectivity index (χ0v) is 17.6. The smallest absolute Gasteiger partial charge is 0.223 e. The van der Waals surface area contributed by atoms with Gasteiger partial charge in [0.2, 0.25) is 5.91 Å². The first-order valence-electron chi connectivity index (χ1n) is 9.00. The Labute approximate surface area is 169 Å². The van der Waals surface area contributed by atoms with Crippen LogP contribution >= 0.6 is 24.8 Å². The lowest BCUT2D eigenvalue weighted by Gasteiger charge is -2.31. The molecule has 1 amide bonds. The lowest BCUT2D eigenvalue weighted by atomic mass is 10.0. The van der Waals surface area contributed by atoms with E-state index in [1.165, 1.54) is 5.56 Å². The van der Waals surface area contributed by atoms with Crippen molar-refractivity contribution in [3.8, 4) is 5.75 Å². The first-order valence-corrected chi connectivity index (χ1v) is 9.00. The number of carbonyl (C=O) groups is 1. The summed E-state index contributed by atoms with van der Waals surface area (Å²) in [4.78, 5) is 14.8. The van der Waals surface area contributed by atoms with E-state index >= 15 is 0 Å². The van der Waals surface area contributed by atoms with Crippen LogP contribution in [0.2, 0.25) is 0 Å². The monoisotopic (exact) mass is 405 g/mol. The molecule has 1 aromatic rings. The summed E-state index contributed by atoms with van der Waals surface area (Å²) in [6, 6.07) is 8.43. The summed E-state index contributed by atoms with van der Waals surface area (Å²) >= 11 is 0. The molecule has 0 heterocycles. The highest BCUT2D eigenvalue weighted by Gasteiger charge is 2.28. The van der Waals surface area contributed by atoms with E-state index in [0.29, 0.717) is 6.54 Å². The van der Waals surface area contributed by atoms with E-state index in [0.717, 1.165) is 38.1 Å². The number of ether oxygens (including phenoxy) is 1. The number of carbonyl (C=O) groups excluding carboxylic acids is 1. The van der Waals surface area contributed by atoms with Gasteiger partial charge in [0.05, 0.1) is 13.2 Å². The molecule has 0 spiro atoms. The summed E-state index contributed by atoms with van der Waals surface area (Å²) in [5, 5.41) is 3.15. The van der Waals surface area contributed by atoms with Crippen LogP contribution in [0.5, 0.6) is 5.75 Å². The van der Waals surface area contributed by atoms with E-state index in [4.69, 9.17) is 10.5 Å². The van der Waals surface area contributed by atoms with Crippen LogP contribution in [0.3, 0.4) is 0 Å². The summed E-state index contributed by atoms with van der Waals surface area (Å²) in [6.45, 7) is 6.77. The summed E-state index contributed by atoms with van der Waals surface area (Å²) in [6.07, 6.45) is 2.66. The minimum absolute atomic E-state index is 0. The van der Waals surface area contributed by atoms with Gasteiger partial charge < -0.3 is 15.8 Å². The zero-order valence-electron chi connectivity index (χ0n) is 15.9. The molecule has 1 aliphatic rings. The van der Waals surface area contributed by atoms with E-state index in [-0.39, 0.29) is 48.7 Å². The van der Waals surface area contributed by atoms with Crippen LogP contribution in [-0.2, 0) is 4.79 Å². The zero-order chi connectivity index (χ0) is 17.5. The molecule has 2 rings (SSSR count). The maximum Gasteiger partial charge on any atom is 0.223 e. The number of nitrogens with zero attached hydrogens (tertiary/aromatic N) is 1. The minimum atomic E-state index is 0. The molecule has 0 bridgehead atoms. The number of likely N-dealkylation sites (N-methyl/N-ethyl adjacent to an activating group) is 1. The third-order valence-corrected chi connectivity index (χ3v) is 5.05. The Morgan fingerprint density at radius 2 is 2.00 bits per heavy atom. The number of benzene rings is 1. The van der Waals surface area contributed by atoms with Gasteiger partial charge in [0.1, 0.15) is 5.75 Å². The molecule has 3 N–H and O–H groups in total. The highest BCUT2D eigenvalue weighted by Crippen LogP contribution is 2.26. The third kappa shape index (κ3) is 6.62. The minimum Gasteiger partial charge on any atom is -0.497 e. The van der Waals surface area contributed by atoms with Gasteiger partial charge in [-0.3, -0.25) is 9.69 Å². The SMILES string of the molecule is CCN(CC)C(CNC(=O)C1CCC(N)C1)c1cccc(OC)c1.Cl.Cl. The molecule has 3 unspecified atom stereocenters. The van der Waals surface area contributed by atoms with Crippen LogP contribution in [0.1, 0.15) is 44.7 Å². The lowest BCUT2D eigenvalue weighted by Crippen LogP contribution is -2.40. The number of methoxy groups -OCH3 is 1. The van der Waals surface area contributed by atoms with Gasteiger partial charge in [-0.05, 0) is 50.0 Å². The highest BCUT2D eigenvalue weighted by molar-refractivity contribution is 5.85.